The number of ether oxygens (including phenoxy) is 3. The maximum Gasteiger partial charge on any atom is 0.336 e. The highest BCUT2D eigenvalue weighted by Gasteiger charge is 2.74. The highest BCUT2D eigenvalue weighted by molar-refractivity contribution is 5.96. The SMILES string of the molecule is CC/C(C)=C(\C(=O)O[C@H]1C(C)=C[C@]23C(=O)[C@@H](C=C4COC(C)(C)O[C@H]4[C@]12O)C(C)(C)C(C)CC3C)C(CC)NC. The summed E-state index contributed by atoms with van der Waals surface area (Å²) < 4.78 is 19.0. The molecule has 40 heavy (non-hydrogen) atoms. The van der Waals surface area contributed by atoms with E-state index < -0.39 is 40.9 Å². The summed E-state index contributed by atoms with van der Waals surface area (Å²) in [6, 6.07) is -0.186. The first-order valence-electron chi connectivity index (χ1n) is 15.1. The van der Waals surface area contributed by atoms with E-state index in [2.05, 4.69) is 33.0 Å². The van der Waals surface area contributed by atoms with E-state index in [1.165, 1.54) is 0 Å². The fraction of sp³-hybridized carbons (Fsp3) is 0.758. The molecule has 2 fully saturated rings. The molecule has 224 valence electrons. The van der Waals surface area contributed by atoms with E-state index in [-0.39, 0.29) is 35.7 Å². The van der Waals surface area contributed by atoms with Crippen LogP contribution in [0.25, 0.3) is 0 Å². The zero-order valence-electron chi connectivity index (χ0n) is 26.4. The average Bonchev–Trinajstić information content (AvgIpc) is 3.05. The van der Waals surface area contributed by atoms with Crippen molar-refractivity contribution >= 4 is 11.8 Å². The maximum atomic E-state index is 14.9. The molecule has 8 atom stereocenters. The quantitative estimate of drug-likeness (QED) is 0.261. The van der Waals surface area contributed by atoms with Crippen molar-refractivity contribution in [2.45, 2.75) is 118 Å². The van der Waals surface area contributed by atoms with Gasteiger partial charge < -0.3 is 24.6 Å². The van der Waals surface area contributed by atoms with Gasteiger partial charge in [-0.05, 0) is 82.4 Å². The number of likely N-dealkylation sites (N-methyl/N-ethyl adjacent to an activating group) is 1. The lowest BCUT2D eigenvalue weighted by Crippen LogP contribution is -2.68. The number of aliphatic hydroxyl groups is 1. The standard InChI is InChI=1S/C33H51NO6/c1-12-18(3)25(24(13-2)34-11)29(36)39-27-19(4)16-32-21(6)14-20(5)30(7,8)23(26(32)35)15-22-17-38-31(9,10)40-28(22)33(27,32)37/h15-16,20-21,23-24,27-28,34,37H,12-14,17H2,1-11H3/b25-18-/t20?,21?,23-,24?,27+,28-,32+,33-/m1/s1. The summed E-state index contributed by atoms with van der Waals surface area (Å²) >= 11 is 0. The predicted octanol–water partition coefficient (Wildman–Crippen LogP) is 5.28. The van der Waals surface area contributed by atoms with Crippen molar-refractivity contribution < 1.29 is 28.9 Å². The molecule has 2 bridgehead atoms. The number of Topliss-reactive ketones (excluding diaryl/α,β-unsaturated/α-hetero) is 1. The van der Waals surface area contributed by atoms with Gasteiger partial charge in [0.15, 0.2) is 23.3 Å². The van der Waals surface area contributed by atoms with E-state index in [0.717, 1.165) is 17.6 Å². The largest absolute Gasteiger partial charge is 0.451 e. The number of rotatable bonds is 6. The third kappa shape index (κ3) is 4.38. The van der Waals surface area contributed by atoms with Gasteiger partial charge in [-0.1, -0.05) is 59.3 Å². The number of hydrogen-bond acceptors (Lipinski definition) is 7. The van der Waals surface area contributed by atoms with Gasteiger partial charge in [0, 0.05) is 12.0 Å². The first-order valence-corrected chi connectivity index (χ1v) is 15.1. The first-order chi connectivity index (χ1) is 18.5. The molecule has 0 radical (unpaired) electrons. The Morgan fingerprint density at radius 2 is 1.85 bits per heavy atom. The molecule has 0 aromatic heterocycles. The van der Waals surface area contributed by atoms with Crippen molar-refractivity contribution in [1.29, 1.82) is 0 Å². The van der Waals surface area contributed by atoms with Gasteiger partial charge in [0.05, 0.1) is 17.6 Å². The molecule has 1 saturated carbocycles. The van der Waals surface area contributed by atoms with Gasteiger partial charge in [-0.3, -0.25) is 4.79 Å². The second kappa shape index (κ2) is 10.5. The number of nitrogens with one attached hydrogen (secondary N) is 1. The van der Waals surface area contributed by atoms with Crippen LogP contribution in [0, 0.1) is 28.6 Å². The van der Waals surface area contributed by atoms with Crippen LogP contribution in [0.1, 0.15) is 88.5 Å². The highest BCUT2D eigenvalue weighted by atomic mass is 16.7. The molecule has 7 nitrogen and oxygen atoms in total. The molecule has 1 spiro atoms. The summed E-state index contributed by atoms with van der Waals surface area (Å²) in [7, 11) is 1.84. The Hall–Kier alpha value is -1.80. The molecular formula is C33H51NO6. The van der Waals surface area contributed by atoms with Crippen molar-refractivity contribution in [2.24, 2.45) is 28.6 Å². The fourth-order valence-electron chi connectivity index (χ4n) is 7.89. The summed E-state index contributed by atoms with van der Waals surface area (Å²) in [6.07, 6.45) is 4.14. The lowest BCUT2D eigenvalue weighted by atomic mass is 9.59. The lowest BCUT2D eigenvalue weighted by Gasteiger charge is -2.52. The van der Waals surface area contributed by atoms with Crippen LogP contribution in [0.3, 0.4) is 0 Å². The van der Waals surface area contributed by atoms with Crippen LogP contribution >= 0.6 is 0 Å². The van der Waals surface area contributed by atoms with E-state index in [1.54, 1.807) is 0 Å². The topological polar surface area (TPSA) is 94.1 Å². The Bertz CT molecular complexity index is 1140. The minimum absolute atomic E-state index is 0.0276. The zero-order chi connectivity index (χ0) is 30.0. The Morgan fingerprint density at radius 3 is 2.42 bits per heavy atom. The third-order valence-electron chi connectivity index (χ3n) is 10.8. The first kappa shape index (κ1) is 31.1. The number of hydrogen-bond donors (Lipinski definition) is 2. The molecule has 1 heterocycles. The molecule has 7 heteroatoms. The molecule has 3 aliphatic carbocycles. The summed E-state index contributed by atoms with van der Waals surface area (Å²) in [5.41, 5.74) is -0.539. The van der Waals surface area contributed by atoms with Crippen LogP contribution in [0.5, 0.6) is 0 Å². The Kier molecular flexibility index (Phi) is 8.16. The number of carbonyl (C=O) groups excluding carboxylic acids is 2. The van der Waals surface area contributed by atoms with Crippen molar-refractivity contribution in [3.8, 4) is 0 Å². The van der Waals surface area contributed by atoms with Crippen LogP contribution in [0.15, 0.2) is 34.4 Å². The predicted molar refractivity (Wildman–Crippen MR) is 155 cm³/mol. The number of esters is 1. The van der Waals surface area contributed by atoms with Crippen LogP contribution < -0.4 is 5.32 Å². The van der Waals surface area contributed by atoms with E-state index >= 15 is 0 Å². The minimum atomic E-state index is -1.84. The van der Waals surface area contributed by atoms with E-state index in [0.29, 0.717) is 24.0 Å². The Morgan fingerprint density at radius 1 is 1.20 bits per heavy atom. The molecule has 0 aromatic carbocycles. The maximum absolute atomic E-state index is 14.9. The van der Waals surface area contributed by atoms with Crippen molar-refractivity contribution in [1.82, 2.24) is 5.32 Å². The molecular weight excluding hydrogens is 506 g/mol. The molecule has 0 amide bonds. The molecule has 0 aromatic rings. The molecule has 3 unspecified atom stereocenters. The van der Waals surface area contributed by atoms with Crippen molar-refractivity contribution in [2.75, 3.05) is 13.7 Å². The van der Waals surface area contributed by atoms with Gasteiger partial charge in [0.1, 0.15) is 6.10 Å². The Labute approximate surface area is 240 Å². The lowest BCUT2D eigenvalue weighted by molar-refractivity contribution is -0.303. The van der Waals surface area contributed by atoms with Gasteiger partial charge in [-0.25, -0.2) is 4.79 Å². The number of fused-ring (bicyclic) bond motifs is 3. The zero-order valence-corrected chi connectivity index (χ0v) is 26.4. The van der Waals surface area contributed by atoms with E-state index in [9.17, 15) is 14.7 Å². The van der Waals surface area contributed by atoms with Gasteiger partial charge in [-0.15, -0.1) is 0 Å². The van der Waals surface area contributed by atoms with E-state index in [4.69, 9.17) is 14.2 Å². The molecule has 4 aliphatic rings. The van der Waals surface area contributed by atoms with Gasteiger partial charge in [0.25, 0.3) is 0 Å². The van der Waals surface area contributed by atoms with Crippen LogP contribution in [0.2, 0.25) is 0 Å². The highest BCUT2D eigenvalue weighted by Crippen LogP contribution is 2.64. The second-order valence-electron chi connectivity index (χ2n) is 13.8. The summed E-state index contributed by atoms with van der Waals surface area (Å²) in [5, 5.41) is 16.5. The third-order valence-corrected chi connectivity index (χ3v) is 10.8. The van der Waals surface area contributed by atoms with Crippen LogP contribution in [0.4, 0.5) is 0 Å². The van der Waals surface area contributed by atoms with Gasteiger partial charge >= 0.3 is 5.97 Å². The van der Waals surface area contributed by atoms with E-state index in [1.807, 2.05) is 60.7 Å². The summed E-state index contributed by atoms with van der Waals surface area (Å²) in [5.74, 6) is -1.93. The summed E-state index contributed by atoms with van der Waals surface area (Å²) in [4.78, 5) is 28.9. The second-order valence-corrected chi connectivity index (χ2v) is 13.8. The molecule has 1 saturated heterocycles. The smallest absolute Gasteiger partial charge is 0.336 e. The Balaban J connectivity index is 1.94. The number of carbonyl (C=O) groups is 2. The minimum Gasteiger partial charge on any atom is -0.451 e. The summed E-state index contributed by atoms with van der Waals surface area (Å²) in [6.45, 7) is 20.3. The number of allylic oxidation sites excluding steroid dienone is 2. The monoisotopic (exact) mass is 557 g/mol. The molecule has 4 rings (SSSR count). The number of ketones is 1. The van der Waals surface area contributed by atoms with Crippen molar-refractivity contribution in [3.05, 3.63) is 34.4 Å². The fourth-order valence-corrected chi connectivity index (χ4v) is 7.89. The normalized spacial score (nSPS) is 39.5. The van der Waals surface area contributed by atoms with Crippen molar-refractivity contribution in [3.63, 3.8) is 0 Å². The van der Waals surface area contributed by atoms with Crippen LogP contribution in [-0.2, 0) is 23.8 Å². The average molecular weight is 558 g/mol. The van der Waals surface area contributed by atoms with Gasteiger partial charge in [0.2, 0.25) is 0 Å². The molecule has 1 aliphatic heterocycles. The molecule has 2 N–H and O–H groups in total. The van der Waals surface area contributed by atoms with Crippen LogP contribution in [-0.4, -0.2) is 60.2 Å². The van der Waals surface area contributed by atoms with Gasteiger partial charge in [-0.2, -0.15) is 0 Å².